The highest BCUT2D eigenvalue weighted by molar-refractivity contribution is 5.98. The Hall–Kier alpha value is -3.69. The normalized spacial score (nSPS) is 17.7. The maximum atomic E-state index is 12.7. The number of hydrogen-bond donors (Lipinski definition) is 4. The quantitative estimate of drug-likeness (QED) is 0.439. The molecule has 3 aromatic rings. The minimum atomic E-state index is -0.480. The van der Waals surface area contributed by atoms with E-state index in [0.29, 0.717) is 23.5 Å². The average Bonchev–Trinajstić information content (AvgIpc) is 3.44. The number of benzene rings is 2. The summed E-state index contributed by atoms with van der Waals surface area (Å²) in [6, 6.07) is 16.2. The second-order valence-electron chi connectivity index (χ2n) is 7.57. The average molecular weight is 435 g/mol. The van der Waals surface area contributed by atoms with Crippen molar-refractivity contribution in [3.8, 4) is 5.75 Å². The number of carbonyl (C=O) groups is 2. The number of aryl methyl sites for hydroxylation is 2. The summed E-state index contributed by atoms with van der Waals surface area (Å²) < 4.78 is 11.0. The van der Waals surface area contributed by atoms with Crippen molar-refractivity contribution in [3.63, 3.8) is 0 Å². The van der Waals surface area contributed by atoms with Crippen LogP contribution in [0.3, 0.4) is 0 Å². The number of nitrogens with one attached hydrogen (secondary N) is 4. The molecule has 2 heterocycles. The first-order valence-electron chi connectivity index (χ1n) is 10.3. The lowest BCUT2D eigenvalue weighted by Crippen LogP contribution is -2.50. The summed E-state index contributed by atoms with van der Waals surface area (Å²) in [5.74, 6) is 0.254. The van der Waals surface area contributed by atoms with Crippen LogP contribution in [0.15, 0.2) is 59.1 Å². The van der Waals surface area contributed by atoms with Crippen LogP contribution >= 0.6 is 0 Å². The summed E-state index contributed by atoms with van der Waals surface area (Å²) in [7, 11) is 0. The monoisotopic (exact) mass is 435 g/mol. The van der Waals surface area contributed by atoms with Gasteiger partial charge in [0.15, 0.2) is 0 Å². The van der Waals surface area contributed by atoms with Crippen LogP contribution in [0.5, 0.6) is 5.75 Å². The fraction of sp³-hybridized carbons (Fsp3) is 0.261. The Balaban J connectivity index is 1.33. The topological polar surface area (TPSA) is 118 Å². The number of hydrazine groups is 2. The van der Waals surface area contributed by atoms with E-state index in [9.17, 15) is 9.59 Å². The Bertz CT molecular complexity index is 1080. The summed E-state index contributed by atoms with van der Waals surface area (Å²) in [5, 5.41) is 3.90. The van der Waals surface area contributed by atoms with Gasteiger partial charge in [0, 0.05) is 6.04 Å². The highest BCUT2D eigenvalue weighted by Gasteiger charge is 2.30. The van der Waals surface area contributed by atoms with E-state index in [1.807, 2.05) is 37.3 Å². The number of amides is 2. The SMILES string of the molecule is Cc1noc(C)c1COc1ccccc1C(=O)NNC(=O)C1CC(c2ccccc2)NN1. The predicted molar refractivity (Wildman–Crippen MR) is 116 cm³/mol. The Morgan fingerprint density at radius 3 is 2.56 bits per heavy atom. The fourth-order valence-corrected chi connectivity index (χ4v) is 3.54. The third-order valence-electron chi connectivity index (χ3n) is 5.41. The lowest BCUT2D eigenvalue weighted by atomic mass is 10.0. The number of rotatable bonds is 6. The highest BCUT2D eigenvalue weighted by atomic mass is 16.5. The number of nitrogens with zero attached hydrogens (tertiary/aromatic N) is 1. The van der Waals surface area contributed by atoms with Gasteiger partial charge in [-0.1, -0.05) is 47.6 Å². The molecule has 0 saturated carbocycles. The van der Waals surface area contributed by atoms with Crippen molar-refractivity contribution in [3.05, 3.63) is 82.7 Å². The predicted octanol–water partition coefficient (Wildman–Crippen LogP) is 2.24. The Labute approximate surface area is 185 Å². The second-order valence-corrected chi connectivity index (χ2v) is 7.57. The van der Waals surface area contributed by atoms with E-state index in [1.165, 1.54) is 0 Å². The van der Waals surface area contributed by atoms with Crippen LogP contribution in [0.1, 0.15) is 45.4 Å². The molecule has 0 spiro atoms. The minimum Gasteiger partial charge on any atom is -0.488 e. The summed E-state index contributed by atoms with van der Waals surface area (Å²) in [5.41, 5.74) is 14.0. The third kappa shape index (κ3) is 4.79. The van der Waals surface area contributed by atoms with E-state index in [4.69, 9.17) is 9.26 Å². The van der Waals surface area contributed by atoms with Gasteiger partial charge >= 0.3 is 0 Å². The lowest BCUT2D eigenvalue weighted by molar-refractivity contribution is -0.123. The maximum Gasteiger partial charge on any atom is 0.273 e. The molecule has 32 heavy (non-hydrogen) atoms. The Kier molecular flexibility index (Phi) is 6.48. The molecule has 4 N–H and O–H groups in total. The Morgan fingerprint density at radius 2 is 1.81 bits per heavy atom. The summed E-state index contributed by atoms with van der Waals surface area (Å²) in [6.07, 6.45) is 0.558. The van der Waals surface area contributed by atoms with Crippen LogP contribution < -0.4 is 26.4 Å². The van der Waals surface area contributed by atoms with Gasteiger partial charge < -0.3 is 9.26 Å². The van der Waals surface area contributed by atoms with E-state index in [2.05, 4.69) is 26.9 Å². The molecule has 4 rings (SSSR count). The minimum absolute atomic E-state index is 0.0149. The molecule has 2 unspecified atom stereocenters. The zero-order chi connectivity index (χ0) is 22.5. The molecule has 166 valence electrons. The second kappa shape index (κ2) is 9.63. The molecular weight excluding hydrogens is 410 g/mol. The van der Waals surface area contributed by atoms with Crippen molar-refractivity contribution in [2.75, 3.05) is 0 Å². The van der Waals surface area contributed by atoms with Gasteiger partial charge in [-0.15, -0.1) is 0 Å². The standard InChI is InChI=1S/C23H25N5O4/c1-14-18(15(2)32-28-14)13-31-21-11-7-6-10-17(21)22(29)26-27-23(30)20-12-19(24-25-20)16-8-4-3-5-9-16/h3-11,19-20,24-25H,12-13H2,1-2H3,(H,26,29)(H,27,30). The number of hydrogen-bond acceptors (Lipinski definition) is 7. The van der Waals surface area contributed by atoms with E-state index in [0.717, 1.165) is 16.8 Å². The number of aromatic nitrogens is 1. The van der Waals surface area contributed by atoms with Crippen LogP contribution in [-0.4, -0.2) is 23.0 Å². The molecule has 1 saturated heterocycles. The molecule has 9 heteroatoms. The molecule has 1 aromatic heterocycles. The van der Waals surface area contributed by atoms with Crippen LogP contribution in [0, 0.1) is 13.8 Å². The molecule has 0 bridgehead atoms. The van der Waals surface area contributed by atoms with E-state index < -0.39 is 11.9 Å². The van der Waals surface area contributed by atoms with Crippen molar-refractivity contribution in [2.45, 2.75) is 39.0 Å². The number of para-hydroxylation sites is 1. The molecule has 2 aromatic carbocycles. The molecule has 2 amide bonds. The molecule has 2 atom stereocenters. The first kappa shape index (κ1) is 21.5. The smallest absolute Gasteiger partial charge is 0.273 e. The van der Waals surface area contributed by atoms with Gasteiger partial charge in [-0.25, -0.2) is 10.9 Å². The largest absolute Gasteiger partial charge is 0.488 e. The molecule has 1 fully saturated rings. The zero-order valence-corrected chi connectivity index (χ0v) is 17.8. The maximum absolute atomic E-state index is 12.7. The van der Waals surface area contributed by atoms with Crippen molar-refractivity contribution in [2.24, 2.45) is 0 Å². The number of carbonyl (C=O) groups excluding carboxylic acids is 2. The van der Waals surface area contributed by atoms with Crippen LogP contribution in [0.2, 0.25) is 0 Å². The zero-order valence-electron chi connectivity index (χ0n) is 17.8. The van der Waals surface area contributed by atoms with E-state index in [1.54, 1.807) is 31.2 Å². The highest BCUT2D eigenvalue weighted by Crippen LogP contribution is 2.23. The Morgan fingerprint density at radius 1 is 1.06 bits per heavy atom. The number of ether oxygens (including phenoxy) is 1. The molecule has 0 aliphatic carbocycles. The molecule has 1 aliphatic rings. The third-order valence-corrected chi connectivity index (χ3v) is 5.41. The van der Waals surface area contributed by atoms with Gasteiger partial charge in [0.1, 0.15) is 24.2 Å². The molecule has 9 nitrogen and oxygen atoms in total. The molecule has 1 aliphatic heterocycles. The van der Waals surface area contributed by atoms with Crippen molar-refractivity contribution < 1.29 is 18.8 Å². The first-order chi connectivity index (χ1) is 15.5. The van der Waals surface area contributed by atoms with Crippen molar-refractivity contribution in [1.82, 2.24) is 26.9 Å². The summed E-state index contributed by atoms with van der Waals surface area (Å²) in [6.45, 7) is 3.86. The summed E-state index contributed by atoms with van der Waals surface area (Å²) in [4.78, 5) is 25.2. The van der Waals surface area contributed by atoms with Gasteiger partial charge in [-0.05, 0) is 38.0 Å². The van der Waals surface area contributed by atoms with Crippen molar-refractivity contribution in [1.29, 1.82) is 0 Å². The van der Waals surface area contributed by atoms with Gasteiger partial charge in [0.05, 0.1) is 16.8 Å². The van der Waals surface area contributed by atoms with Crippen LogP contribution in [0.4, 0.5) is 0 Å². The van der Waals surface area contributed by atoms with Crippen molar-refractivity contribution >= 4 is 11.8 Å². The lowest BCUT2D eigenvalue weighted by Gasteiger charge is -2.14. The first-order valence-corrected chi connectivity index (χ1v) is 10.3. The van der Waals surface area contributed by atoms with Gasteiger partial charge in [-0.3, -0.25) is 20.4 Å². The summed E-state index contributed by atoms with van der Waals surface area (Å²) >= 11 is 0. The van der Waals surface area contributed by atoms with E-state index >= 15 is 0 Å². The van der Waals surface area contributed by atoms with Crippen LogP contribution in [-0.2, 0) is 11.4 Å². The molecule has 0 radical (unpaired) electrons. The fourth-order valence-electron chi connectivity index (χ4n) is 3.54. The van der Waals surface area contributed by atoms with Gasteiger partial charge in [0.25, 0.3) is 11.8 Å². The van der Waals surface area contributed by atoms with Gasteiger partial charge in [0.2, 0.25) is 0 Å². The molecular formula is C23H25N5O4. The van der Waals surface area contributed by atoms with Crippen LogP contribution in [0.25, 0.3) is 0 Å². The van der Waals surface area contributed by atoms with E-state index in [-0.39, 0.29) is 18.6 Å². The van der Waals surface area contributed by atoms with Gasteiger partial charge in [-0.2, -0.15) is 0 Å².